The van der Waals surface area contributed by atoms with Crippen LogP contribution in [0.1, 0.15) is 37.3 Å². The molecule has 0 saturated heterocycles. The molecule has 1 aromatic carbocycles. The van der Waals surface area contributed by atoms with Crippen molar-refractivity contribution in [3.63, 3.8) is 0 Å². The van der Waals surface area contributed by atoms with Gasteiger partial charge in [-0.2, -0.15) is 5.10 Å². The average molecular weight is 339 g/mol. The molecule has 2 N–H and O–H groups in total. The number of guanidine groups is 1. The van der Waals surface area contributed by atoms with Crippen molar-refractivity contribution in [2.24, 2.45) is 4.99 Å². The zero-order valence-corrected chi connectivity index (χ0v) is 15.3. The molecule has 0 radical (unpaired) electrons. The van der Waals surface area contributed by atoms with E-state index in [-0.39, 0.29) is 5.41 Å². The normalized spacial score (nSPS) is 15.8. The molecule has 0 aliphatic heterocycles. The van der Waals surface area contributed by atoms with Crippen LogP contribution in [0.2, 0.25) is 0 Å². The van der Waals surface area contributed by atoms with Gasteiger partial charge in [0.25, 0.3) is 0 Å². The van der Waals surface area contributed by atoms with Gasteiger partial charge >= 0.3 is 0 Å². The number of nitrogens with one attached hydrogen (secondary N) is 2. The topological polar surface area (TPSA) is 54.2 Å². The second-order valence-corrected chi connectivity index (χ2v) is 6.84. The second-order valence-electron chi connectivity index (χ2n) is 6.84. The molecule has 2 aromatic rings. The van der Waals surface area contributed by atoms with Gasteiger partial charge in [0.2, 0.25) is 0 Å². The number of aliphatic imine (C=N–C) groups is 1. The minimum absolute atomic E-state index is 0.253. The van der Waals surface area contributed by atoms with Gasteiger partial charge in [-0.25, -0.2) is 0 Å². The van der Waals surface area contributed by atoms with Gasteiger partial charge in [-0.3, -0.25) is 9.67 Å². The Bertz CT molecular complexity index is 686. The summed E-state index contributed by atoms with van der Waals surface area (Å²) in [6, 6.07) is 10.7. The first-order valence-electron chi connectivity index (χ1n) is 9.29. The minimum Gasteiger partial charge on any atom is -0.357 e. The van der Waals surface area contributed by atoms with Crippen LogP contribution in [0.3, 0.4) is 0 Å². The Balaban J connectivity index is 1.54. The lowest BCUT2D eigenvalue weighted by Gasteiger charge is -2.18. The molecule has 134 valence electrons. The summed E-state index contributed by atoms with van der Waals surface area (Å²) >= 11 is 0. The van der Waals surface area contributed by atoms with E-state index in [1.165, 1.54) is 24.0 Å². The monoisotopic (exact) mass is 339 g/mol. The van der Waals surface area contributed by atoms with Gasteiger partial charge in [0.15, 0.2) is 5.96 Å². The summed E-state index contributed by atoms with van der Waals surface area (Å²) < 4.78 is 1.96. The highest BCUT2D eigenvalue weighted by Crippen LogP contribution is 2.49. The third-order valence-electron chi connectivity index (χ3n) is 4.87. The van der Waals surface area contributed by atoms with Gasteiger partial charge in [0, 0.05) is 37.4 Å². The molecule has 25 heavy (non-hydrogen) atoms. The molecule has 1 aliphatic carbocycles. The van der Waals surface area contributed by atoms with E-state index >= 15 is 0 Å². The number of rotatable bonds is 8. The van der Waals surface area contributed by atoms with Crippen molar-refractivity contribution >= 4 is 5.96 Å². The van der Waals surface area contributed by atoms with Crippen molar-refractivity contribution in [2.75, 3.05) is 19.6 Å². The van der Waals surface area contributed by atoms with Gasteiger partial charge in [-0.1, -0.05) is 24.3 Å². The molecule has 1 heterocycles. The quantitative estimate of drug-likeness (QED) is 0.442. The lowest BCUT2D eigenvalue weighted by Crippen LogP contribution is -2.38. The van der Waals surface area contributed by atoms with Crippen molar-refractivity contribution in [2.45, 2.75) is 45.1 Å². The molecule has 0 amide bonds. The molecular weight excluding hydrogens is 310 g/mol. The summed E-state index contributed by atoms with van der Waals surface area (Å²) in [6.07, 6.45) is 7.31. The van der Waals surface area contributed by atoms with E-state index in [2.05, 4.69) is 53.8 Å². The fourth-order valence-electron chi connectivity index (χ4n) is 3.28. The molecule has 1 fully saturated rings. The zero-order chi connectivity index (χ0) is 17.5. The highest BCUT2D eigenvalue weighted by Gasteiger charge is 2.44. The fourth-order valence-corrected chi connectivity index (χ4v) is 3.28. The Morgan fingerprint density at radius 2 is 2.08 bits per heavy atom. The molecule has 0 unspecified atom stereocenters. The Morgan fingerprint density at radius 3 is 2.76 bits per heavy atom. The maximum atomic E-state index is 4.87. The Labute approximate surface area is 150 Å². The fraction of sp³-hybridized carbons (Fsp3) is 0.500. The third-order valence-corrected chi connectivity index (χ3v) is 4.87. The molecule has 1 saturated carbocycles. The van der Waals surface area contributed by atoms with Crippen LogP contribution in [0.15, 0.2) is 47.7 Å². The van der Waals surface area contributed by atoms with E-state index in [0.717, 1.165) is 38.6 Å². The molecular formula is C20H29N5. The molecule has 1 aromatic heterocycles. The number of aromatic nitrogens is 2. The second kappa shape index (κ2) is 8.19. The van der Waals surface area contributed by atoms with Crippen LogP contribution in [-0.4, -0.2) is 35.4 Å². The van der Waals surface area contributed by atoms with Gasteiger partial charge in [0.05, 0.1) is 6.54 Å². The summed E-state index contributed by atoms with van der Waals surface area (Å²) in [5.74, 6) is 0.919. The van der Waals surface area contributed by atoms with Gasteiger partial charge in [-0.05, 0) is 50.3 Å². The van der Waals surface area contributed by atoms with E-state index in [4.69, 9.17) is 4.99 Å². The van der Waals surface area contributed by atoms with Crippen LogP contribution >= 0.6 is 0 Å². The molecule has 1 aliphatic rings. The molecule has 0 atom stereocenters. The highest BCUT2D eigenvalue weighted by atomic mass is 15.3. The SMILES string of the molecule is CCNC(=NCC1(c2ccccc2C)CC1)NCCCn1cccn1. The first-order valence-corrected chi connectivity index (χ1v) is 9.29. The maximum Gasteiger partial charge on any atom is 0.191 e. The van der Waals surface area contributed by atoms with E-state index in [0.29, 0.717) is 0 Å². The number of benzene rings is 1. The predicted octanol–water partition coefficient (Wildman–Crippen LogP) is 2.87. The first kappa shape index (κ1) is 17.5. The van der Waals surface area contributed by atoms with Crippen LogP contribution in [0.5, 0.6) is 0 Å². The minimum atomic E-state index is 0.253. The lowest BCUT2D eigenvalue weighted by atomic mass is 9.92. The van der Waals surface area contributed by atoms with Crippen LogP contribution < -0.4 is 10.6 Å². The first-order chi connectivity index (χ1) is 12.2. The number of nitrogens with zero attached hydrogens (tertiary/aromatic N) is 3. The van der Waals surface area contributed by atoms with E-state index < -0.39 is 0 Å². The predicted molar refractivity (Wildman–Crippen MR) is 103 cm³/mol. The van der Waals surface area contributed by atoms with Crippen LogP contribution in [0.25, 0.3) is 0 Å². The van der Waals surface area contributed by atoms with Crippen molar-refractivity contribution in [1.29, 1.82) is 0 Å². The van der Waals surface area contributed by atoms with Crippen LogP contribution in [0, 0.1) is 6.92 Å². The van der Waals surface area contributed by atoms with E-state index in [1.54, 1.807) is 0 Å². The van der Waals surface area contributed by atoms with Crippen LogP contribution in [0.4, 0.5) is 0 Å². The van der Waals surface area contributed by atoms with Crippen molar-refractivity contribution in [3.05, 3.63) is 53.9 Å². The van der Waals surface area contributed by atoms with Gasteiger partial charge < -0.3 is 10.6 Å². The largest absolute Gasteiger partial charge is 0.357 e. The molecule has 5 heteroatoms. The smallest absolute Gasteiger partial charge is 0.191 e. The molecule has 5 nitrogen and oxygen atoms in total. The number of hydrogen-bond acceptors (Lipinski definition) is 2. The summed E-state index contributed by atoms with van der Waals surface area (Å²) in [6.45, 7) is 7.86. The Hall–Kier alpha value is -2.30. The summed E-state index contributed by atoms with van der Waals surface area (Å²) in [5.41, 5.74) is 3.10. The standard InChI is InChI=1S/C20H29N5/c1-3-21-19(22-12-6-14-25-15-7-13-24-25)23-16-20(10-11-20)18-9-5-4-8-17(18)2/h4-5,7-9,13,15H,3,6,10-12,14,16H2,1-2H3,(H2,21,22,23). The maximum absolute atomic E-state index is 4.87. The summed E-state index contributed by atoms with van der Waals surface area (Å²) in [4.78, 5) is 4.87. The van der Waals surface area contributed by atoms with Gasteiger partial charge in [0.1, 0.15) is 0 Å². The van der Waals surface area contributed by atoms with Gasteiger partial charge in [-0.15, -0.1) is 0 Å². The average Bonchev–Trinajstić information content (AvgIpc) is 3.22. The van der Waals surface area contributed by atoms with E-state index in [1.807, 2.05) is 23.1 Å². The zero-order valence-electron chi connectivity index (χ0n) is 15.3. The molecule has 0 spiro atoms. The van der Waals surface area contributed by atoms with Crippen molar-refractivity contribution in [3.8, 4) is 0 Å². The third kappa shape index (κ3) is 4.62. The Kier molecular flexibility index (Phi) is 5.74. The summed E-state index contributed by atoms with van der Waals surface area (Å²) in [5, 5.41) is 11.0. The van der Waals surface area contributed by atoms with E-state index in [9.17, 15) is 0 Å². The highest BCUT2D eigenvalue weighted by molar-refractivity contribution is 5.79. The van der Waals surface area contributed by atoms with Crippen LogP contribution in [-0.2, 0) is 12.0 Å². The molecule has 0 bridgehead atoms. The number of hydrogen-bond donors (Lipinski definition) is 2. The van der Waals surface area contributed by atoms with Crippen molar-refractivity contribution < 1.29 is 0 Å². The summed E-state index contributed by atoms with van der Waals surface area (Å²) in [7, 11) is 0. The Morgan fingerprint density at radius 1 is 1.24 bits per heavy atom. The molecule has 3 rings (SSSR count). The van der Waals surface area contributed by atoms with Crippen molar-refractivity contribution in [1.82, 2.24) is 20.4 Å². The number of aryl methyl sites for hydroxylation is 2. The lowest BCUT2D eigenvalue weighted by molar-refractivity contribution is 0.569.